The molecule has 0 fully saturated rings. The molecule has 0 unspecified atom stereocenters. The van der Waals surface area contributed by atoms with Crippen molar-refractivity contribution >= 4 is 27.5 Å². The zero-order chi connectivity index (χ0) is 18.5. The number of methoxy groups -OCH3 is 1. The van der Waals surface area contributed by atoms with Crippen LogP contribution in [0.15, 0.2) is 46.9 Å². The number of carbonyl (C=O) groups is 1. The smallest absolute Gasteiger partial charge is 0.240 e. The number of halogens is 1. The van der Waals surface area contributed by atoms with Crippen molar-refractivity contribution in [1.82, 2.24) is 20.6 Å². The van der Waals surface area contributed by atoms with Crippen LogP contribution in [-0.4, -0.2) is 39.7 Å². The summed E-state index contributed by atoms with van der Waals surface area (Å²) in [6.45, 7) is 0. The van der Waals surface area contributed by atoms with Crippen molar-refractivity contribution in [1.29, 1.82) is 0 Å². The first-order valence-electron chi connectivity index (χ1n) is 7.79. The van der Waals surface area contributed by atoms with Crippen LogP contribution >= 0.6 is 15.9 Å². The zero-order valence-electron chi connectivity index (χ0n) is 13.9. The lowest BCUT2D eigenvalue weighted by atomic mass is 10.0. The quantitative estimate of drug-likeness (QED) is 0.542. The van der Waals surface area contributed by atoms with E-state index in [9.17, 15) is 4.79 Å². The Labute approximate surface area is 158 Å². The van der Waals surface area contributed by atoms with Crippen molar-refractivity contribution in [2.45, 2.75) is 12.5 Å². The van der Waals surface area contributed by atoms with E-state index in [-0.39, 0.29) is 0 Å². The summed E-state index contributed by atoms with van der Waals surface area (Å²) < 4.78 is 6.04. The second kappa shape index (κ2) is 7.96. The highest BCUT2D eigenvalue weighted by Gasteiger charge is 2.17. The van der Waals surface area contributed by atoms with Gasteiger partial charge in [-0.2, -0.15) is 5.21 Å². The summed E-state index contributed by atoms with van der Waals surface area (Å²) in [6, 6.07) is 12.5. The first-order chi connectivity index (χ1) is 12.6. The van der Waals surface area contributed by atoms with Gasteiger partial charge < -0.3 is 15.8 Å². The number of carbonyl (C=O) groups excluding carboxylic acids is 1. The van der Waals surface area contributed by atoms with Crippen molar-refractivity contribution < 1.29 is 9.53 Å². The minimum absolute atomic E-state index is 0.431. The van der Waals surface area contributed by atoms with Crippen molar-refractivity contribution in [3.8, 4) is 17.1 Å². The number of nitrogens with zero attached hydrogens (tertiary/aromatic N) is 3. The maximum Gasteiger partial charge on any atom is 0.240 e. The normalized spacial score (nSPS) is 11.8. The van der Waals surface area contributed by atoms with Gasteiger partial charge in [-0.25, -0.2) is 0 Å². The molecule has 0 bridgehead atoms. The number of nitrogens with one attached hydrogen (secondary N) is 2. The number of aromatic nitrogens is 4. The van der Waals surface area contributed by atoms with Crippen LogP contribution in [0.4, 0.5) is 5.69 Å². The monoisotopic (exact) mass is 416 g/mol. The molecular weight excluding hydrogens is 400 g/mol. The summed E-state index contributed by atoms with van der Waals surface area (Å²) in [4.78, 5) is 11.9. The minimum Gasteiger partial charge on any atom is -0.496 e. The Morgan fingerprint density at radius 1 is 1.31 bits per heavy atom. The second-order valence-electron chi connectivity index (χ2n) is 5.59. The van der Waals surface area contributed by atoms with Gasteiger partial charge in [0.1, 0.15) is 11.8 Å². The fourth-order valence-electron chi connectivity index (χ4n) is 2.50. The van der Waals surface area contributed by atoms with E-state index in [1.165, 1.54) is 0 Å². The summed E-state index contributed by atoms with van der Waals surface area (Å²) in [7, 11) is 1.60. The van der Waals surface area contributed by atoms with E-state index in [1.54, 1.807) is 7.11 Å². The molecule has 2 aromatic carbocycles. The average molecular weight is 417 g/mol. The van der Waals surface area contributed by atoms with Gasteiger partial charge in [0.05, 0.1) is 11.6 Å². The summed E-state index contributed by atoms with van der Waals surface area (Å²) in [5.41, 5.74) is 8.11. The van der Waals surface area contributed by atoms with Gasteiger partial charge in [-0.1, -0.05) is 6.07 Å². The number of amides is 1. The maximum absolute atomic E-state index is 11.9. The van der Waals surface area contributed by atoms with Crippen LogP contribution in [-0.2, 0) is 11.2 Å². The Morgan fingerprint density at radius 2 is 2.08 bits per heavy atom. The molecule has 1 atom stereocenters. The van der Waals surface area contributed by atoms with Crippen molar-refractivity contribution in [3.05, 3.63) is 52.5 Å². The Balaban J connectivity index is 1.72. The molecular formula is C17H17BrN6O2. The Kier molecular flexibility index (Phi) is 5.47. The average Bonchev–Trinajstić information content (AvgIpc) is 3.16. The molecule has 3 aromatic rings. The molecule has 1 heterocycles. The highest BCUT2D eigenvalue weighted by Crippen LogP contribution is 2.26. The minimum atomic E-state index is -0.550. The Bertz CT molecular complexity index is 883. The van der Waals surface area contributed by atoms with Gasteiger partial charge >= 0.3 is 0 Å². The van der Waals surface area contributed by atoms with Gasteiger partial charge in [-0.3, -0.25) is 4.79 Å². The number of tetrazole rings is 1. The molecule has 1 aromatic heterocycles. The summed E-state index contributed by atoms with van der Waals surface area (Å²) in [5, 5.41) is 17.0. The van der Waals surface area contributed by atoms with Gasteiger partial charge in [0.15, 0.2) is 0 Å². The first-order valence-corrected chi connectivity index (χ1v) is 8.58. The number of hydrogen-bond acceptors (Lipinski definition) is 6. The molecule has 1 amide bonds. The fraction of sp³-hybridized carbons (Fsp3) is 0.176. The molecule has 0 saturated carbocycles. The van der Waals surface area contributed by atoms with E-state index in [0.29, 0.717) is 12.2 Å². The van der Waals surface area contributed by atoms with Crippen LogP contribution in [0.1, 0.15) is 5.56 Å². The van der Waals surface area contributed by atoms with E-state index < -0.39 is 11.9 Å². The molecule has 3 rings (SSSR count). The summed E-state index contributed by atoms with van der Waals surface area (Å²) >= 11 is 3.45. The van der Waals surface area contributed by atoms with Crippen LogP contribution in [0.2, 0.25) is 0 Å². The number of primary amides is 1. The van der Waals surface area contributed by atoms with E-state index in [2.05, 4.69) is 41.9 Å². The van der Waals surface area contributed by atoms with E-state index in [1.807, 2.05) is 42.5 Å². The number of benzene rings is 2. The fourth-order valence-corrected chi connectivity index (χ4v) is 3.08. The lowest BCUT2D eigenvalue weighted by Gasteiger charge is -2.17. The molecule has 8 nitrogen and oxygen atoms in total. The third kappa shape index (κ3) is 4.17. The molecule has 0 aliphatic rings. The standard InChI is InChI=1S/C17H17BrN6O2/c1-26-15-7-2-10(8-13(15)18)9-14(16(19)25)20-12-5-3-11(4-6-12)17-21-23-24-22-17/h2-8,14,20H,9H2,1H3,(H2,19,25)(H,21,22,23,24)/t14-/m0/s1. The van der Waals surface area contributed by atoms with Gasteiger partial charge in [-0.15, -0.1) is 10.2 Å². The van der Waals surface area contributed by atoms with Crippen LogP contribution in [0.25, 0.3) is 11.4 Å². The van der Waals surface area contributed by atoms with Gasteiger partial charge in [0.2, 0.25) is 11.7 Å². The summed E-state index contributed by atoms with van der Waals surface area (Å²) in [6.07, 6.45) is 0.449. The van der Waals surface area contributed by atoms with E-state index in [0.717, 1.165) is 27.0 Å². The lowest BCUT2D eigenvalue weighted by Crippen LogP contribution is -2.37. The molecule has 0 saturated heterocycles. The zero-order valence-corrected chi connectivity index (χ0v) is 15.5. The lowest BCUT2D eigenvalue weighted by molar-refractivity contribution is -0.118. The topological polar surface area (TPSA) is 119 Å². The Morgan fingerprint density at radius 3 is 2.65 bits per heavy atom. The maximum atomic E-state index is 11.9. The molecule has 9 heteroatoms. The van der Waals surface area contributed by atoms with E-state index in [4.69, 9.17) is 10.5 Å². The van der Waals surface area contributed by atoms with Crippen LogP contribution < -0.4 is 15.8 Å². The number of hydrogen-bond donors (Lipinski definition) is 3. The molecule has 0 radical (unpaired) electrons. The highest BCUT2D eigenvalue weighted by atomic mass is 79.9. The molecule has 134 valence electrons. The first kappa shape index (κ1) is 17.9. The third-order valence-corrected chi connectivity index (χ3v) is 4.45. The number of ether oxygens (including phenoxy) is 1. The van der Waals surface area contributed by atoms with Gasteiger partial charge in [0.25, 0.3) is 0 Å². The van der Waals surface area contributed by atoms with Crippen molar-refractivity contribution in [2.24, 2.45) is 5.73 Å². The van der Waals surface area contributed by atoms with Crippen molar-refractivity contribution in [2.75, 3.05) is 12.4 Å². The van der Waals surface area contributed by atoms with Gasteiger partial charge in [-0.05, 0) is 63.1 Å². The third-order valence-electron chi connectivity index (χ3n) is 3.83. The Hall–Kier alpha value is -2.94. The van der Waals surface area contributed by atoms with E-state index >= 15 is 0 Å². The molecule has 0 spiro atoms. The number of anilines is 1. The van der Waals surface area contributed by atoms with Crippen LogP contribution in [0.5, 0.6) is 5.75 Å². The van der Waals surface area contributed by atoms with Crippen LogP contribution in [0.3, 0.4) is 0 Å². The number of aromatic amines is 1. The molecule has 0 aliphatic heterocycles. The highest BCUT2D eigenvalue weighted by molar-refractivity contribution is 9.10. The number of H-pyrrole nitrogens is 1. The van der Waals surface area contributed by atoms with Gasteiger partial charge in [0, 0.05) is 17.7 Å². The second-order valence-corrected chi connectivity index (χ2v) is 6.44. The molecule has 26 heavy (non-hydrogen) atoms. The summed E-state index contributed by atoms with van der Waals surface area (Å²) in [5.74, 6) is 0.805. The number of nitrogens with two attached hydrogens (primary N) is 1. The number of rotatable bonds is 7. The van der Waals surface area contributed by atoms with Crippen LogP contribution in [0, 0.1) is 0 Å². The molecule has 0 aliphatic carbocycles. The van der Waals surface area contributed by atoms with Crippen molar-refractivity contribution in [3.63, 3.8) is 0 Å². The predicted octanol–water partition coefficient (Wildman–Crippen LogP) is 2.15. The largest absolute Gasteiger partial charge is 0.496 e. The molecule has 4 N–H and O–H groups in total. The predicted molar refractivity (Wildman–Crippen MR) is 101 cm³/mol. The SMILES string of the molecule is COc1ccc(C[C@H](Nc2ccc(-c3nn[nH]n3)cc2)C(N)=O)cc1Br.